The standard InChI is InChI=1S/C25H24N4O2S/c30-29(31)23-10-8-20(9-11-23)24-17-32-25(26-13-12-18-4-2-1-3-5-18)28(24)27-16-22-15-19-6-7-21(22)14-19/h1-11,16-17,19,21-22H,12-15H2. The van der Waals surface area contributed by atoms with Gasteiger partial charge in [0.2, 0.25) is 4.80 Å². The van der Waals surface area contributed by atoms with Gasteiger partial charge in [-0.15, -0.1) is 11.3 Å². The van der Waals surface area contributed by atoms with Crippen LogP contribution in [0.3, 0.4) is 0 Å². The zero-order chi connectivity index (χ0) is 21.9. The summed E-state index contributed by atoms with van der Waals surface area (Å²) in [5.74, 6) is 1.73. The van der Waals surface area contributed by atoms with Gasteiger partial charge in [-0.05, 0) is 48.8 Å². The minimum absolute atomic E-state index is 0.0839. The highest BCUT2D eigenvalue weighted by Gasteiger charge is 2.34. The summed E-state index contributed by atoms with van der Waals surface area (Å²) in [7, 11) is 0. The van der Waals surface area contributed by atoms with Crippen molar-refractivity contribution >= 4 is 23.2 Å². The summed E-state index contributed by atoms with van der Waals surface area (Å²) in [4.78, 5) is 16.3. The number of aromatic nitrogens is 1. The van der Waals surface area contributed by atoms with E-state index >= 15 is 0 Å². The van der Waals surface area contributed by atoms with Crippen molar-refractivity contribution < 1.29 is 4.92 Å². The molecule has 0 spiro atoms. The lowest BCUT2D eigenvalue weighted by Gasteiger charge is -2.12. The van der Waals surface area contributed by atoms with E-state index in [1.165, 1.54) is 24.1 Å². The van der Waals surface area contributed by atoms with Crippen LogP contribution in [0.15, 0.2) is 82.2 Å². The number of benzene rings is 2. The SMILES string of the molecule is O=[N+]([O-])c1ccc(-c2csc(=NCCc3ccccc3)n2N=CC2CC3C=CC2C3)cc1. The van der Waals surface area contributed by atoms with Crippen molar-refractivity contribution in [3.8, 4) is 11.3 Å². The Labute approximate surface area is 190 Å². The van der Waals surface area contributed by atoms with Crippen molar-refractivity contribution in [3.63, 3.8) is 0 Å². The molecule has 3 aromatic rings. The molecular weight excluding hydrogens is 420 g/mol. The number of nitrogens with zero attached hydrogens (tertiary/aromatic N) is 4. The number of nitro benzene ring substituents is 1. The number of hydrogen-bond donors (Lipinski definition) is 0. The molecule has 7 heteroatoms. The average molecular weight is 445 g/mol. The number of non-ortho nitro benzene ring substituents is 1. The average Bonchev–Trinajstić information content (AvgIpc) is 3.54. The van der Waals surface area contributed by atoms with Crippen LogP contribution < -0.4 is 4.80 Å². The van der Waals surface area contributed by atoms with Gasteiger partial charge in [0.05, 0.1) is 10.6 Å². The van der Waals surface area contributed by atoms with E-state index in [4.69, 9.17) is 10.1 Å². The largest absolute Gasteiger partial charge is 0.269 e. The van der Waals surface area contributed by atoms with E-state index < -0.39 is 0 Å². The van der Waals surface area contributed by atoms with Gasteiger partial charge in [-0.25, -0.2) is 4.68 Å². The summed E-state index contributed by atoms with van der Waals surface area (Å²) in [5, 5.41) is 17.9. The third-order valence-corrected chi connectivity index (χ3v) is 7.11. The van der Waals surface area contributed by atoms with Gasteiger partial charge in [-0.1, -0.05) is 42.5 Å². The molecule has 1 fully saturated rings. The monoisotopic (exact) mass is 444 g/mol. The molecule has 5 rings (SSSR count). The summed E-state index contributed by atoms with van der Waals surface area (Å²) in [6.07, 6.45) is 9.99. The second-order valence-corrected chi connectivity index (χ2v) is 9.18. The lowest BCUT2D eigenvalue weighted by atomic mass is 9.95. The summed E-state index contributed by atoms with van der Waals surface area (Å²) in [5.41, 5.74) is 3.13. The van der Waals surface area contributed by atoms with Gasteiger partial charge in [0, 0.05) is 41.8 Å². The Kier molecular flexibility index (Phi) is 5.81. The smallest absolute Gasteiger partial charge is 0.258 e. The van der Waals surface area contributed by atoms with Crippen LogP contribution in [0.25, 0.3) is 11.3 Å². The van der Waals surface area contributed by atoms with Crippen LogP contribution >= 0.6 is 11.3 Å². The topological polar surface area (TPSA) is 72.8 Å². The number of rotatable bonds is 7. The molecule has 1 heterocycles. The third kappa shape index (κ3) is 4.34. The predicted octanol–water partition coefficient (Wildman–Crippen LogP) is 5.31. The molecule has 32 heavy (non-hydrogen) atoms. The molecule has 0 saturated heterocycles. The molecule has 2 aromatic carbocycles. The molecule has 3 atom stereocenters. The third-order valence-electron chi connectivity index (χ3n) is 6.25. The minimum atomic E-state index is -0.378. The van der Waals surface area contributed by atoms with Gasteiger partial charge in [0.15, 0.2) is 0 Å². The summed E-state index contributed by atoms with van der Waals surface area (Å²) < 4.78 is 1.90. The minimum Gasteiger partial charge on any atom is -0.258 e. The molecule has 0 aliphatic heterocycles. The Bertz CT molecular complexity index is 1220. The van der Waals surface area contributed by atoms with Crippen LogP contribution in [0.2, 0.25) is 0 Å². The Balaban J connectivity index is 1.45. The van der Waals surface area contributed by atoms with E-state index in [1.54, 1.807) is 23.5 Å². The Morgan fingerprint density at radius 1 is 1.09 bits per heavy atom. The number of thiazole rings is 1. The van der Waals surface area contributed by atoms with Crippen molar-refractivity contribution in [2.45, 2.75) is 19.3 Å². The van der Waals surface area contributed by atoms with Crippen LogP contribution in [0.1, 0.15) is 18.4 Å². The van der Waals surface area contributed by atoms with Gasteiger partial charge >= 0.3 is 0 Å². The van der Waals surface area contributed by atoms with E-state index in [2.05, 4.69) is 30.5 Å². The van der Waals surface area contributed by atoms with Crippen molar-refractivity contribution in [2.24, 2.45) is 27.8 Å². The molecule has 162 valence electrons. The maximum Gasteiger partial charge on any atom is 0.269 e. The van der Waals surface area contributed by atoms with Gasteiger partial charge in [0.1, 0.15) is 0 Å². The first-order valence-corrected chi connectivity index (χ1v) is 11.8. The number of allylic oxidation sites excluding steroid dienone is 2. The zero-order valence-corrected chi connectivity index (χ0v) is 18.4. The quantitative estimate of drug-likeness (QED) is 0.214. The Morgan fingerprint density at radius 3 is 2.59 bits per heavy atom. The zero-order valence-electron chi connectivity index (χ0n) is 17.6. The molecule has 3 unspecified atom stereocenters. The number of fused-ring (bicyclic) bond motifs is 2. The normalized spacial score (nSPS) is 22.2. The maximum atomic E-state index is 11.0. The molecule has 0 radical (unpaired) electrons. The van der Waals surface area contributed by atoms with Gasteiger partial charge in [-0.2, -0.15) is 5.10 Å². The first-order chi connectivity index (χ1) is 15.7. The first kappa shape index (κ1) is 20.6. The van der Waals surface area contributed by atoms with E-state index in [0.29, 0.717) is 24.3 Å². The summed E-state index contributed by atoms with van der Waals surface area (Å²) in [6.45, 7) is 0.677. The molecule has 1 aromatic heterocycles. The second-order valence-electron chi connectivity index (χ2n) is 8.35. The molecule has 6 nitrogen and oxygen atoms in total. The summed E-state index contributed by atoms with van der Waals surface area (Å²) in [6, 6.07) is 17.0. The Hall–Kier alpha value is -3.32. The lowest BCUT2D eigenvalue weighted by Crippen LogP contribution is -2.16. The van der Waals surface area contributed by atoms with Crippen LogP contribution in [0.5, 0.6) is 0 Å². The fourth-order valence-corrected chi connectivity index (χ4v) is 5.41. The van der Waals surface area contributed by atoms with E-state index in [-0.39, 0.29) is 10.6 Å². The van der Waals surface area contributed by atoms with E-state index in [1.807, 2.05) is 28.3 Å². The molecule has 2 bridgehead atoms. The van der Waals surface area contributed by atoms with Gasteiger partial charge in [-0.3, -0.25) is 15.1 Å². The molecule has 2 aliphatic rings. The molecule has 0 N–H and O–H groups in total. The lowest BCUT2D eigenvalue weighted by molar-refractivity contribution is -0.384. The molecule has 1 saturated carbocycles. The van der Waals surface area contributed by atoms with Crippen LogP contribution in [0.4, 0.5) is 5.69 Å². The van der Waals surface area contributed by atoms with Crippen molar-refractivity contribution in [3.05, 3.63) is 92.6 Å². The maximum absolute atomic E-state index is 11.0. The summed E-state index contributed by atoms with van der Waals surface area (Å²) >= 11 is 1.55. The van der Waals surface area contributed by atoms with Crippen LogP contribution in [-0.4, -0.2) is 22.4 Å². The van der Waals surface area contributed by atoms with Crippen molar-refractivity contribution in [1.29, 1.82) is 0 Å². The molecule has 2 aliphatic carbocycles. The van der Waals surface area contributed by atoms with Crippen molar-refractivity contribution in [2.75, 3.05) is 6.54 Å². The highest BCUT2D eigenvalue weighted by atomic mass is 32.1. The molecular formula is C25H24N4O2S. The fourth-order valence-electron chi connectivity index (χ4n) is 4.54. The highest BCUT2D eigenvalue weighted by molar-refractivity contribution is 7.07. The highest BCUT2D eigenvalue weighted by Crippen LogP contribution is 2.42. The number of nitro groups is 1. The Morgan fingerprint density at radius 2 is 1.91 bits per heavy atom. The first-order valence-electron chi connectivity index (χ1n) is 10.9. The van der Waals surface area contributed by atoms with Crippen molar-refractivity contribution in [1.82, 2.24) is 4.68 Å². The van der Waals surface area contributed by atoms with Gasteiger partial charge in [0.25, 0.3) is 5.69 Å². The van der Waals surface area contributed by atoms with Gasteiger partial charge < -0.3 is 0 Å². The number of hydrogen-bond acceptors (Lipinski definition) is 5. The molecule has 0 amide bonds. The van der Waals surface area contributed by atoms with Crippen LogP contribution in [0, 0.1) is 27.9 Å². The van der Waals surface area contributed by atoms with Crippen LogP contribution in [-0.2, 0) is 6.42 Å². The fraction of sp³-hybridized carbons (Fsp3) is 0.280. The predicted molar refractivity (Wildman–Crippen MR) is 128 cm³/mol. The van der Waals surface area contributed by atoms with E-state index in [9.17, 15) is 10.1 Å². The van der Waals surface area contributed by atoms with E-state index in [0.717, 1.165) is 28.9 Å². The second kappa shape index (κ2) is 9.04.